The van der Waals surface area contributed by atoms with E-state index in [-0.39, 0.29) is 0 Å². The van der Waals surface area contributed by atoms with Gasteiger partial charge in [0.2, 0.25) is 0 Å². The van der Waals surface area contributed by atoms with Crippen molar-refractivity contribution in [3.05, 3.63) is 22.9 Å². The Morgan fingerprint density at radius 2 is 1.67 bits per heavy atom. The molecule has 0 radical (unpaired) electrons. The molecule has 0 aliphatic heterocycles. The van der Waals surface area contributed by atoms with Gasteiger partial charge in [0, 0.05) is 17.5 Å². The van der Waals surface area contributed by atoms with E-state index in [1.54, 1.807) is 0 Å². The Bertz CT molecular complexity index is 323. The van der Waals surface area contributed by atoms with Gasteiger partial charge < -0.3 is 5.32 Å². The molecule has 0 unspecified atom stereocenters. The third-order valence-electron chi connectivity index (χ3n) is 3.10. The SMILES string of the molecule is C=C(S)/N=C(C)\C(C)=C(/C)NC(CCC)CCC. The van der Waals surface area contributed by atoms with Crippen molar-refractivity contribution in [2.24, 2.45) is 4.99 Å². The second-order valence-corrected chi connectivity index (χ2v) is 5.30. The number of hydrogen-bond acceptors (Lipinski definition) is 3. The summed E-state index contributed by atoms with van der Waals surface area (Å²) in [6, 6.07) is 0.571. The third-order valence-corrected chi connectivity index (χ3v) is 3.20. The monoisotopic (exact) mass is 268 g/mol. The van der Waals surface area contributed by atoms with Crippen molar-refractivity contribution in [3.8, 4) is 0 Å². The quantitative estimate of drug-likeness (QED) is 0.484. The van der Waals surface area contributed by atoms with Crippen LogP contribution in [0.5, 0.6) is 0 Å². The van der Waals surface area contributed by atoms with Gasteiger partial charge in [0.25, 0.3) is 0 Å². The molecular formula is C15H28N2S. The zero-order chi connectivity index (χ0) is 14.1. The first-order valence-electron chi connectivity index (χ1n) is 6.79. The van der Waals surface area contributed by atoms with Crippen LogP contribution < -0.4 is 5.32 Å². The first kappa shape index (κ1) is 17.3. The van der Waals surface area contributed by atoms with Crippen LogP contribution in [0.25, 0.3) is 0 Å². The maximum Gasteiger partial charge on any atom is 0.0860 e. The first-order chi connectivity index (χ1) is 8.42. The molecule has 3 heteroatoms. The maximum absolute atomic E-state index is 4.29. The van der Waals surface area contributed by atoms with E-state index >= 15 is 0 Å². The van der Waals surface area contributed by atoms with Gasteiger partial charge in [-0.25, -0.2) is 4.99 Å². The normalized spacial score (nSPS) is 13.6. The van der Waals surface area contributed by atoms with E-state index in [1.165, 1.54) is 37.0 Å². The van der Waals surface area contributed by atoms with E-state index < -0.39 is 0 Å². The number of thiol groups is 1. The predicted octanol–water partition coefficient (Wildman–Crippen LogP) is 4.70. The summed E-state index contributed by atoms with van der Waals surface area (Å²) in [4.78, 5) is 4.29. The molecule has 0 aromatic heterocycles. The highest BCUT2D eigenvalue weighted by molar-refractivity contribution is 7.84. The lowest BCUT2D eigenvalue weighted by Crippen LogP contribution is -2.28. The topological polar surface area (TPSA) is 24.4 Å². The molecular weight excluding hydrogens is 240 g/mol. The molecule has 0 amide bonds. The van der Waals surface area contributed by atoms with Crippen LogP contribution in [0.1, 0.15) is 60.3 Å². The minimum Gasteiger partial charge on any atom is -0.386 e. The molecule has 0 bridgehead atoms. The number of allylic oxidation sites excluding steroid dienone is 2. The average Bonchev–Trinajstić information content (AvgIpc) is 2.27. The lowest BCUT2D eigenvalue weighted by Gasteiger charge is -2.20. The molecule has 0 rings (SSSR count). The molecule has 0 fully saturated rings. The fourth-order valence-electron chi connectivity index (χ4n) is 1.95. The van der Waals surface area contributed by atoms with Gasteiger partial charge in [0.05, 0.1) is 5.03 Å². The van der Waals surface area contributed by atoms with Crippen LogP contribution >= 0.6 is 12.6 Å². The largest absolute Gasteiger partial charge is 0.386 e. The molecule has 0 spiro atoms. The molecule has 0 aromatic carbocycles. The van der Waals surface area contributed by atoms with Crippen LogP contribution in [0, 0.1) is 0 Å². The minimum atomic E-state index is 0.554. The summed E-state index contributed by atoms with van der Waals surface area (Å²) >= 11 is 4.11. The number of nitrogens with one attached hydrogen (secondary N) is 1. The van der Waals surface area contributed by atoms with Gasteiger partial charge in [-0.1, -0.05) is 33.3 Å². The van der Waals surface area contributed by atoms with E-state index in [1.807, 2.05) is 6.92 Å². The van der Waals surface area contributed by atoms with Crippen LogP contribution in [0.3, 0.4) is 0 Å². The lowest BCUT2D eigenvalue weighted by molar-refractivity contribution is 0.480. The zero-order valence-corrected chi connectivity index (χ0v) is 13.4. The van der Waals surface area contributed by atoms with Gasteiger partial charge in [0.15, 0.2) is 0 Å². The average molecular weight is 268 g/mol. The van der Waals surface area contributed by atoms with Crippen molar-refractivity contribution in [2.75, 3.05) is 0 Å². The van der Waals surface area contributed by atoms with E-state index in [4.69, 9.17) is 0 Å². The summed E-state index contributed by atoms with van der Waals surface area (Å²) in [5.41, 5.74) is 3.37. The fourth-order valence-corrected chi connectivity index (χ4v) is 2.10. The second kappa shape index (κ2) is 9.26. The van der Waals surface area contributed by atoms with Gasteiger partial charge in [-0.3, -0.25) is 0 Å². The van der Waals surface area contributed by atoms with E-state index in [2.05, 4.69) is 57.2 Å². The summed E-state index contributed by atoms with van der Waals surface area (Å²) < 4.78 is 0. The summed E-state index contributed by atoms with van der Waals surface area (Å²) in [5.74, 6) is 0. The fraction of sp³-hybridized carbons (Fsp3) is 0.667. The molecule has 0 atom stereocenters. The number of rotatable bonds is 8. The van der Waals surface area contributed by atoms with Crippen molar-refractivity contribution in [3.63, 3.8) is 0 Å². The van der Waals surface area contributed by atoms with Crippen LogP contribution in [0.15, 0.2) is 27.9 Å². The summed E-state index contributed by atoms with van der Waals surface area (Å²) in [6.45, 7) is 14.4. The molecule has 104 valence electrons. The molecule has 18 heavy (non-hydrogen) atoms. The summed E-state index contributed by atoms with van der Waals surface area (Å²) in [7, 11) is 0. The Morgan fingerprint density at radius 1 is 1.17 bits per heavy atom. The van der Waals surface area contributed by atoms with E-state index in [0.717, 1.165) is 5.71 Å². The smallest absolute Gasteiger partial charge is 0.0860 e. The highest BCUT2D eigenvalue weighted by Crippen LogP contribution is 2.11. The predicted molar refractivity (Wildman–Crippen MR) is 86.3 cm³/mol. The van der Waals surface area contributed by atoms with Crippen molar-refractivity contribution in [1.29, 1.82) is 0 Å². The van der Waals surface area contributed by atoms with E-state index in [0.29, 0.717) is 11.1 Å². The van der Waals surface area contributed by atoms with Crippen LogP contribution in [0.4, 0.5) is 0 Å². The third kappa shape index (κ3) is 6.90. The highest BCUT2D eigenvalue weighted by atomic mass is 32.1. The Kier molecular flexibility index (Phi) is 8.90. The molecule has 0 aromatic rings. The summed E-state index contributed by atoms with van der Waals surface area (Å²) in [5, 5.41) is 4.17. The zero-order valence-electron chi connectivity index (χ0n) is 12.5. The second-order valence-electron chi connectivity index (χ2n) is 4.78. The molecule has 0 heterocycles. The Hall–Kier alpha value is -0.700. The van der Waals surface area contributed by atoms with Gasteiger partial charge in [-0.2, -0.15) is 0 Å². The first-order valence-corrected chi connectivity index (χ1v) is 7.24. The number of hydrogen-bond donors (Lipinski definition) is 2. The lowest BCUT2D eigenvalue weighted by atomic mass is 10.1. The van der Waals surface area contributed by atoms with Crippen LogP contribution in [-0.4, -0.2) is 11.8 Å². The van der Waals surface area contributed by atoms with Gasteiger partial charge in [0.1, 0.15) is 0 Å². The van der Waals surface area contributed by atoms with Gasteiger partial charge in [-0.05, 0) is 39.2 Å². The van der Waals surface area contributed by atoms with Crippen molar-refractivity contribution in [1.82, 2.24) is 5.32 Å². The van der Waals surface area contributed by atoms with Crippen molar-refractivity contribution in [2.45, 2.75) is 66.3 Å². The summed E-state index contributed by atoms with van der Waals surface area (Å²) in [6.07, 6.45) is 4.86. The van der Waals surface area contributed by atoms with Gasteiger partial charge in [-0.15, -0.1) is 12.6 Å². The Labute approximate surface area is 118 Å². The molecule has 0 aliphatic rings. The van der Waals surface area contributed by atoms with Crippen molar-refractivity contribution < 1.29 is 0 Å². The number of nitrogens with zero attached hydrogens (tertiary/aromatic N) is 1. The van der Waals surface area contributed by atoms with E-state index in [9.17, 15) is 0 Å². The van der Waals surface area contributed by atoms with Crippen LogP contribution in [-0.2, 0) is 0 Å². The van der Waals surface area contributed by atoms with Gasteiger partial charge >= 0.3 is 0 Å². The highest BCUT2D eigenvalue weighted by Gasteiger charge is 2.08. The van der Waals surface area contributed by atoms with Crippen molar-refractivity contribution >= 4 is 18.3 Å². The Balaban J connectivity index is 4.77. The van der Waals surface area contributed by atoms with Crippen LogP contribution in [0.2, 0.25) is 0 Å². The molecule has 0 saturated carbocycles. The standard InChI is InChI=1S/C15H28N2S/c1-7-9-15(10-8-2)17-13(5)11(3)12(4)16-14(6)18/h15,17-18H,6-10H2,1-5H3/b13-11+,16-12-. The molecule has 0 saturated heterocycles. The molecule has 0 aliphatic carbocycles. The number of aliphatic imine (C=N–C) groups is 1. The minimum absolute atomic E-state index is 0.554. The molecule has 1 N–H and O–H groups in total. The maximum atomic E-state index is 4.29. The Morgan fingerprint density at radius 3 is 2.06 bits per heavy atom. The molecule has 2 nitrogen and oxygen atoms in total.